The second kappa shape index (κ2) is 6.10. The normalized spacial score (nSPS) is 14.3. The minimum Gasteiger partial charge on any atom is -0.363 e. The monoisotopic (exact) mass is 309 g/mol. The summed E-state index contributed by atoms with van der Waals surface area (Å²) in [5, 5.41) is 12.6. The Bertz CT molecular complexity index is 610. The molecule has 0 atom stereocenters. The van der Waals surface area contributed by atoms with E-state index in [1.54, 1.807) is 0 Å². The summed E-state index contributed by atoms with van der Waals surface area (Å²) >= 11 is 0. The van der Waals surface area contributed by atoms with Crippen molar-refractivity contribution in [2.24, 2.45) is 7.05 Å². The van der Waals surface area contributed by atoms with Gasteiger partial charge in [-0.3, -0.25) is 9.36 Å². The molecule has 0 aromatic carbocycles. The molecule has 3 rings (SSSR count). The van der Waals surface area contributed by atoms with Gasteiger partial charge in [0.2, 0.25) is 0 Å². The van der Waals surface area contributed by atoms with Gasteiger partial charge in [0.15, 0.2) is 5.82 Å². The highest BCUT2D eigenvalue weighted by Crippen LogP contribution is 2.39. The van der Waals surface area contributed by atoms with Crippen LogP contribution in [-0.2, 0) is 13.6 Å². The van der Waals surface area contributed by atoms with E-state index in [-0.39, 0.29) is 12.4 Å². The average molecular weight is 310 g/mol. The molecule has 1 N–H and O–H groups in total. The number of nitrogens with one attached hydrogen (secondary N) is 1. The van der Waals surface area contributed by atoms with Gasteiger partial charge >= 0.3 is 0 Å². The van der Waals surface area contributed by atoms with Crippen LogP contribution < -0.4 is 5.32 Å². The number of rotatable bonds is 5. The summed E-state index contributed by atoms with van der Waals surface area (Å²) in [7, 11) is 1.95. The van der Waals surface area contributed by atoms with Crippen molar-refractivity contribution in [3.63, 3.8) is 0 Å². The number of anilines is 1. The Kier molecular flexibility index (Phi) is 4.61. The maximum Gasteiger partial charge on any atom is 0.151 e. The Labute approximate surface area is 132 Å². The van der Waals surface area contributed by atoms with Crippen LogP contribution in [0.2, 0.25) is 0 Å². The Morgan fingerprint density at radius 1 is 1.33 bits per heavy atom. The topological polar surface area (TPSA) is 47.7 Å². The molecule has 0 unspecified atom stereocenters. The molecule has 1 fully saturated rings. The summed E-state index contributed by atoms with van der Waals surface area (Å²) < 4.78 is 3.98. The van der Waals surface area contributed by atoms with Crippen molar-refractivity contribution in [2.45, 2.75) is 52.1 Å². The lowest BCUT2D eigenvalue weighted by molar-refractivity contribution is 0.507. The summed E-state index contributed by atoms with van der Waals surface area (Å²) in [4.78, 5) is 0. The van der Waals surface area contributed by atoms with Crippen molar-refractivity contribution in [3.8, 4) is 0 Å². The first kappa shape index (κ1) is 15.9. The van der Waals surface area contributed by atoms with Crippen LogP contribution in [-0.4, -0.2) is 19.6 Å². The summed E-state index contributed by atoms with van der Waals surface area (Å²) in [6.07, 6.45) is 4.61. The molecule has 0 saturated heterocycles. The van der Waals surface area contributed by atoms with Crippen molar-refractivity contribution in [1.82, 2.24) is 19.6 Å². The summed E-state index contributed by atoms with van der Waals surface area (Å²) in [6.45, 7) is 7.21. The van der Waals surface area contributed by atoms with Crippen LogP contribution in [0.3, 0.4) is 0 Å². The van der Waals surface area contributed by atoms with E-state index in [4.69, 9.17) is 5.10 Å². The van der Waals surface area contributed by atoms with Gasteiger partial charge < -0.3 is 5.32 Å². The molecule has 1 aliphatic carbocycles. The van der Waals surface area contributed by atoms with Crippen LogP contribution in [0.25, 0.3) is 0 Å². The molecule has 116 valence electrons. The third kappa shape index (κ3) is 3.40. The first-order valence-electron chi connectivity index (χ1n) is 7.37. The predicted molar refractivity (Wildman–Crippen MR) is 87.1 cm³/mol. The van der Waals surface area contributed by atoms with Gasteiger partial charge in [0, 0.05) is 30.8 Å². The molecule has 0 amide bonds. The minimum atomic E-state index is 0. The van der Waals surface area contributed by atoms with E-state index in [0.717, 1.165) is 12.4 Å². The molecule has 0 radical (unpaired) electrons. The molecule has 5 nitrogen and oxygen atoms in total. The molecule has 1 saturated carbocycles. The van der Waals surface area contributed by atoms with Gasteiger partial charge in [0.05, 0.1) is 17.9 Å². The number of hydrogen-bond acceptors (Lipinski definition) is 3. The number of hydrogen-bond donors (Lipinski definition) is 1. The van der Waals surface area contributed by atoms with Crippen LogP contribution in [0.4, 0.5) is 5.82 Å². The van der Waals surface area contributed by atoms with E-state index in [1.807, 2.05) is 17.9 Å². The number of nitrogens with zero attached hydrogens (tertiary/aromatic N) is 4. The number of aromatic nitrogens is 4. The Morgan fingerprint density at radius 2 is 2.05 bits per heavy atom. The highest BCUT2D eigenvalue weighted by Gasteiger charge is 2.27. The second-order valence-corrected chi connectivity index (χ2v) is 6.06. The second-order valence-electron chi connectivity index (χ2n) is 6.06. The average Bonchev–Trinajstić information content (AvgIpc) is 3.06. The molecule has 0 bridgehead atoms. The van der Waals surface area contributed by atoms with Crippen molar-refractivity contribution >= 4 is 18.2 Å². The fourth-order valence-corrected chi connectivity index (χ4v) is 2.57. The van der Waals surface area contributed by atoms with Crippen LogP contribution in [0.15, 0.2) is 12.3 Å². The van der Waals surface area contributed by atoms with Gasteiger partial charge in [0.25, 0.3) is 0 Å². The maximum atomic E-state index is 4.76. The Morgan fingerprint density at radius 3 is 2.57 bits per heavy atom. The first-order valence-corrected chi connectivity index (χ1v) is 7.37. The van der Waals surface area contributed by atoms with Crippen molar-refractivity contribution < 1.29 is 0 Å². The lowest BCUT2D eigenvalue weighted by atomic mass is 10.2. The summed E-state index contributed by atoms with van der Waals surface area (Å²) in [6, 6.07) is 2.65. The van der Waals surface area contributed by atoms with E-state index in [1.165, 1.54) is 29.8 Å². The predicted octanol–water partition coefficient (Wildman–Crippen LogP) is 3.42. The number of aryl methyl sites for hydroxylation is 2. The van der Waals surface area contributed by atoms with Crippen molar-refractivity contribution in [2.75, 3.05) is 5.32 Å². The zero-order valence-corrected chi connectivity index (χ0v) is 13.9. The lowest BCUT2D eigenvalue weighted by Crippen LogP contribution is -2.11. The molecule has 6 heteroatoms. The Hall–Kier alpha value is -1.49. The number of halogens is 1. The van der Waals surface area contributed by atoms with Gasteiger partial charge in [-0.2, -0.15) is 10.2 Å². The van der Waals surface area contributed by atoms with Crippen LogP contribution in [0.5, 0.6) is 0 Å². The van der Waals surface area contributed by atoms with Gasteiger partial charge in [-0.25, -0.2) is 0 Å². The van der Waals surface area contributed by atoms with E-state index < -0.39 is 0 Å². The Balaban J connectivity index is 0.00000161. The zero-order chi connectivity index (χ0) is 14.3. The van der Waals surface area contributed by atoms with E-state index in [2.05, 4.69) is 41.9 Å². The smallest absolute Gasteiger partial charge is 0.151 e. The van der Waals surface area contributed by atoms with Crippen LogP contribution >= 0.6 is 12.4 Å². The SMILES string of the molecule is Cc1cn(C)nc1NCc1cc(C2CC2)nn1C(C)C.Cl. The molecule has 2 aromatic rings. The van der Waals surface area contributed by atoms with E-state index in [0.29, 0.717) is 12.0 Å². The maximum absolute atomic E-state index is 4.76. The summed E-state index contributed by atoms with van der Waals surface area (Å²) in [5.41, 5.74) is 3.67. The molecular formula is C15H24ClN5. The third-order valence-corrected chi connectivity index (χ3v) is 3.77. The fourth-order valence-electron chi connectivity index (χ4n) is 2.57. The molecule has 21 heavy (non-hydrogen) atoms. The van der Waals surface area contributed by atoms with Crippen molar-refractivity contribution in [3.05, 3.63) is 29.2 Å². The highest BCUT2D eigenvalue weighted by atomic mass is 35.5. The largest absolute Gasteiger partial charge is 0.363 e. The lowest BCUT2D eigenvalue weighted by Gasteiger charge is -2.11. The van der Waals surface area contributed by atoms with Crippen molar-refractivity contribution in [1.29, 1.82) is 0 Å². The van der Waals surface area contributed by atoms with Gasteiger partial charge in [-0.05, 0) is 39.7 Å². The zero-order valence-electron chi connectivity index (χ0n) is 13.1. The minimum absolute atomic E-state index is 0. The van der Waals surface area contributed by atoms with Crippen LogP contribution in [0, 0.1) is 6.92 Å². The molecule has 1 aliphatic rings. The van der Waals surface area contributed by atoms with E-state index in [9.17, 15) is 0 Å². The molecule has 2 aromatic heterocycles. The van der Waals surface area contributed by atoms with Gasteiger partial charge in [-0.1, -0.05) is 0 Å². The van der Waals surface area contributed by atoms with Crippen LogP contribution in [0.1, 0.15) is 55.6 Å². The fraction of sp³-hybridized carbons (Fsp3) is 0.600. The molecule has 0 spiro atoms. The standard InChI is InChI=1S/C15H23N5.ClH/c1-10(2)20-13(7-14(17-20)12-5-6-12)8-16-15-11(3)9-19(4)18-15;/h7,9-10,12H,5-6,8H2,1-4H3,(H,16,18);1H. The molecule has 2 heterocycles. The summed E-state index contributed by atoms with van der Waals surface area (Å²) in [5.74, 6) is 1.65. The highest BCUT2D eigenvalue weighted by molar-refractivity contribution is 5.85. The quantitative estimate of drug-likeness (QED) is 0.920. The first-order chi connectivity index (χ1) is 9.54. The molecule has 0 aliphatic heterocycles. The van der Waals surface area contributed by atoms with Gasteiger partial charge in [-0.15, -0.1) is 12.4 Å². The molecular weight excluding hydrogens is 286 g/mol. The van der Waals surface area contributed by atoms with E-state index >= 15 is 0 Å². The van der Waals surface area contributed by atoms with Gasteiger partial charge in [0.1, 0.15) is 0 Å². The third-order valence-electron chi connectivity index (χ3n) is 3.77.